The fraction of sp³-hybridized carbons (Fsp3) is 0.0833. The first-order chi connectivity index (χ1) is 16.5. The van der Waals surface area contributed by atoms with Crippen LogP contribution in [0.1, 0.15) is 17.3 Å². The highest BCUT2D eigenvalue weighted by Crippen LogP contribution is 2.19. The Balaban J connectivity index is 1.59. The number of fused-ring (bicyclic) bond motifs is 1. The van der Waals surface area contributed by atoms with E-state index < -0.39 is 12.0 Å². The second-order valence-electron chi connectivity index (χ2n) is 7.08. The van der Waals surface area contributed by atoms with Crippen LogP contribution in [-0.2, 0) is 4.74 Å². The van der Waals surface area contributed by atoms with Crippen LogP contribution in [0.25, 0.3) is 16.6 Å². The Bertz CT molecular complexity index is 1440. The number of hydrogen-bond acceptors (Lipinski definition) is 6. The number of carbonyl (C=O) groups excluding carboxylic acids is 2. The SMILES string of the molecule is CCOC(=O)c1cccc(NC(=O)NNc2nc3ccccc3c(=O)n2-c2cccc(Cl)c2)c1. The first-order valence-corrected chi connectivity index (χ1v) is 10.7. The number of hydrogen-bond donors (Lipinski definition) is 3. The van der Waals surface area contributed by atoms with Crippen molar-refractivity contribution < 1.29 is 14.3 Å². The van der Waals surface area contributed by atoms with E-state index >= 15 is 0 Å². The number of rotatable bonds is 6. The van der Waals surface area contributed by atoms with Gasteiger partial charge in [0.25, 0.3) is 5.56 Å². The summed E-state index contributed by atoms with van der Waals surface area (Å²) in [4.78, 5) is 42.1. The van der Waals surface area contributed by atoms with Crippen molar-refractivity contribution in [2.24, 2.45) is 0 Å². The summed E-state index contributed by atoms with van der Waals surface area (Å²) >= 11 is 6.12. The first-order valence-electron chi connectivity index (χ1n) is 10.3. The zero-order valence-electron chi connectivity index (χ0n) is 18.0. The fourth-order valence-electron chi connectivity index (χ4n) is 3.28. The molecule has 0 fully saturated rings. The smallest absolute Gasteiger partial charge is 0.338 e. The van der Waals surface area contributed by atoms with Gasteiger partial charge in [0.1, 0.15) is 0 Å². The van der Waals surface area contributed by atoms with Gasteiger partial charge in [0.05, 0.1) is 28.8 Å². The number of para-hydroxylation sites is 1. The minimum Gasteiger partial charge on any atom is -0.462 e. The second-order valence-corrected chi connectivity index (χ2v) is 7.51. The molecule has 3 N–H and O–H groups in total. The summed E-state index contributed by atoms with van der Waals surface area (Å²) in [5, 5.41) is 3.46. The molecule has 1 heterocycles. The van der Waals surface area contributed by atoms with E-state index in [-0.39, 0.29) is 18.1 Å². The molecule has 0 aliphatic carbocycles. The van der Waals surface area contributed by atoms with Gasteiger partial charge in [-0.2, -0.15) is 0 Å². The van der Waals surface area contributed by atoms with Crippen molar-refractivity contribution in [1.29, 1.82) is 0 Å². The average molecular weight is 478 g/mol. The lowest BCUT2D eigenvalue weighted by molar-refractivity contribution is 0.0526. The number of nitrogens with zero attached hydrogens (tertiary/aromatic N) is 2. The predicted octanol–water partition coefficient (Wildman–Crippen LogP) is 4.36. The van der Waals surface area contributed by atoms with Gasteiger partial charge in [-0.1, -0.05) is 35.9 Å². The molecule has 3 aromatic carbocycles. The summed E-state index contributed by atoms with van der Waals surface area (Å²) in [5.74, 6) is -0.406. The lowest BCUT2D eigenvalue weighted by Crippen LogP contribution is -2.36. The number of nitrogens with one attached hydrogen (secondary N) is 3. The molecule has 34 heavy (non-hydrogen) atoms. The Labute approximate surface area is 199 Å². The van der Waals surface area contributed by atoms with Gasteiger partial charge in [-0.3, -0.25) is 10.2 Å². The summed E-state index contributed by atoms with van der Waals surface area (Å²) < 4.78 is 6.29. The van der Waals surface area contributed by atoms with Crippen molar-refractivity contribution in [1.82, 2.24) is 15.0 Å². The van der Waals surface area contributed by atoms with Gasteiger partial charge in [0.2, 0.25) is 5.95 Å². The number of anilines is 2. The molecule has 1 aromatic heterocycles. The van der Waals surface area contributed by atoms with Crippen LogP contribution in [-0.4, -0.2) is 28.2 Å². The van der Waals surface area contributed by atoms with Crippen molar-refractivity contribution in [2.75, 3.05) is 17.3 Å². The van der Waals surface area contributed by atoms with E-state index in [4.69, 9.17) is 16.3 Å². The van der Waals surface area contributed by atoms with Crippen LogP contribution >= 0.6 is 11.6 Å². The van der Waals surface area contributed by atoms with Crippen LogP contribution in [0.4, 0.5) is 16.4 Å². The fourth-order valence-corrected chi connectivity index (χ4v) is 3.47. The minimum atomic E-state index is -0.638. The Hall–Kier alpha value is -4.37. The number of benzene rings is 3. The van der Waals surface area contributed by atoms with E-state index in [1.807, 2.05) is 0 Å². The van der Waals surface area contributed by atoms with Crippen LogP contribution < -0.4 is 21.7 Å². The molecular formula is C24H20ClN5O4. The minimum absolute atomic E-state index is 0.0846. The molecule has 10 heteroatoms. The number of hydrazine groups is 1. The molecule has 4 aromatic rings. The van der Waals surface area contributed by atoms with Gasteiger partial charge < -0.3 is 10.1 Å². The van der Waals surface area contributed by atoms with Crippen molar-refractivity contribution in [3.63, 3.8) is 0 Å². The number of esters is 1. The molecular weight excluding hydrogens is 458 g/mol. The standard InChI is InChI=1S/C24H20ClN5O4/c1-2-34-22(32)15-7-5-9-17(13-15)26-24(33)29-28-23-27-20-12-4-3-11-19(20)21(31)30(23)18-10-6-8-16(25)14-18/h3-14H,2H2,1H3,(H,27,28)(H2,26,29,33). The molecule has 0 atom stereocenters. The number of urea groups is 1. The summed E-state index contributed by atoms with van der Waals surface area (Å²) in [5.41, 5.74) is 6.44. The summed E-state index contributed by atoms with van der Waals surface area (Å²) in [7, 11) is 0. The third-order valence-corrected chi connectivity index (χ3v) is 5.00. The van der Waals surface area contributed by atoms with E-state index in [0.29, 0.717) is 32.9 Å². The molecule has 0 aliphatic heterocycles. The van der Waals surface area contributed by atoms with Gasteiger partial charge in [0, 0.05) is 10.7 Å². The van der Waals surface area contributed by atoms with E-state index in [9.17, 15) is 14.4 Å². The van der Waals surface area contributed by atoms with Gasteiger partial charge in [-0.15, -0.1) is 0 Å². The van der Waals surface area contributed by atoms with Crippen LogP contribution in [0, 0.1) is 0 Å². The third kappa shape index (κ3) is 5.00. The van der Waals surface area contributed by atoms with Crippen LogP contribution in [0.15, 0.2) is 77.6 Å². The van der Waals surface area contributed by atoms with Crippen molar-refractivity contribution >= 4 is 46.1 Å². The lowest BCUT2D eigenvalue weighted by atomic mass is 10.2. The Morgan fingerprint density at radius 1 is 1.03 bits per heavy atom. The molecule has 172 valence electrons. The highest BCUT2D eigenvalue weighted by atomic mass is 35.5. The number of carbonyl (C=O) groups is 2. The quantitative estimate of drug-likeness (QED) is 0.281. The predicted molar refractivity (Wildman–Crippen MR) is 131 cm³/mol. The van der Waals surface area contributed by atoms with Crippen LogP contribution in [0.2, 0.25) is 5.02 Å². The maximum Gasteiger partial charge on any atom is 0.338 e. The van der Waals surface area contributed by atoms with Crippen LogP contribution in [0.5, 0.6) is 0 Å². The summed E-state index contributed by atoms with van der Waals surface area (Å²) in [6.07, 6.45) is 0. The van der Waals surface area contributed by atoms with Crippen molar-refractivity contribution in [2.45, 2.75) is 6.92 Å². The van der Waals surface area contributed by atoms with E-state index in [1.165, 1.54) is 10.6 Å². The molecule has 0 spiro atoms. The molecule has 2 amide bonds. The topological polar surface area (TPSA) is 114 Å². The summed E-state index contributed by atoms with van der Waals surface area (Å²) in [6, 6.07) is 19.3. The van der Waals surface area contributed by atoms with Gasteiger partial charge in [-0.25, -0.2) is 24.6 Å². The zero-order chi connectivity index (χ0) is 24.1. The maximum atomic E-state index is 13.2. The average Bonchev–Trinajstić information content (AvgIpc) is 2.83. The first kappa shape index (κ1) is 22.8. The van der Waals surface area contributed by atoms with Gasteiger partial charge >= 0.3 is 12.0 Å². The molecule has 4 rings (SSSR count). The number of halogens is 1. The number of ether oxygens (including phenoxy) is 1. The molecule has 9 nitrogen and oxygen atoms in total. The van der Waals surface area contributed by atoms with Gasteiger partial charge in [0.15, 0.2) is 0 Å². The Kier molecular flexibility index (Phi) is 6.74. The number of aromatic nitrogens is 2. The highest BCUT2D eigenvalue weighted by Gasteiger charge is 2.14. The van der Waals surface area contributed by atoms with Gasteiger partial charge in [-0.05, 0) is 55.5 Å². The Morgan fingerprint density at radius 2 is 1.82 bits per heavy atom. The molecule has 0 aliphatic rings. The largest absolute Gasteiger partial charge is 0.462 e. The molecule has 0 saturated heterocycles. The van der Waals surface area contributed by atoms with E-state index in [0.717, 1.165) is 0 Å². The third-order valence-electron chi connectivity index (χ3n) is 4.76. The lowest BCUT2D eigenvalue weighted by Gasteiger charge is -2.16. The second kappa shape index (κ2) is 10.1. The zero-order valence-corrected chi connectivity index (χ0v) is 18.8. The van der Waals surface area contributed by atoms with Crippen molar-refractivity contribution in [3.8, 4) is 5.69 Å². The molecule has 0 radical (unpaired) electrons. The molecule has 0 unspecified atom stereocenters. The highest BCUT2D eigenvalue weighted by molar-refractivity contribution is 6.30. The molecule has 0 bridgehead atoms. The van der Waals surface area contributed by atoms with E-state index in [1.54, 1.807) is 73.7 Å². The maximum absolute atomic E-state index is 13.2. The summed E-state index contributed by atoms with van der Waals surface area (Å²) in [6.45, 7) is 1.96. The monoisotopic (exact) mass is 477 g/mol. The Morgan fingerprint density at radius 3 is 2.62 bits per heavy atom. The number of amides is 2. The molecule has 0 saturated carbocycles. The van der Waals surface area contributed by atoms with Crippen molar-refractivity contribution in [3.05, 3.63) is 93.7 Å². The van der Waals surface area contributed by atoms with Crippen LogP contribution in [0.3, 0.4) is 0 Å². The van der Waals surface area contributed by atoms with E-state index in [2.05, 4.69) is 21.2 Å². The normalized spacial score (nSPS) is 10.5.